The maximum Gasteiger partial charge on any atom is 0.408 e. The van der Waals surface area contributed by atoms with Crippen molar-refractivity contribution in [2.24, 2.45) is 0 Å². The number of carbonyl (C=O) groups is 5. The summed E-state index contributed by atoms with van der Waals surface area (Å²) in [5.74, 6) is -2.89. The molecule has 1 aliphatic heterocycles. The van der Waals surface area contributed by atoms with Crippen LogP contribution in [0, 0.1) is 0 Å². The van der Waals surface area contributed by atoms with Crippen LogP contribution < -0.4 is 10.6 Å². The van der Waals surface area contributed by atoms with Crippen molar-refractivity contribution in [2.75, 3.05) is 0 Å². The second kappa shape index (κ2) is 12.2. The lowest BCUT2D eigenvalue weighted by atomic mass is 10.0. The van der Waals surface area contributed by atoms with Gasteiger partial charge in [0.1, 0.15) is 17.7 Å². The maximum absolute atomic E-state index is 13.4. The van der Waals surface area contributed by atoms with Gasteiger partial charge in [0.25, 0.3) is 11.8 Å². The van der Waals surface area contributed by atoms with Crippen molar-refractivity contribution in [3.8, 4) is 0 Å². The molecule has 0 aliphatic carbocycles. The predicted octanol–water partition coefficient (Wildman–Crippen LogP) is 2.46. The first-order valence-corrected chi connectivity index (χ1v) is 12.0. The van der Waals surface area contributed by atoms with Crippen molar-refractivity contribution < 1.29 is 33.5 Å². The number of hydroxylamine groups is 2. The molecule has 2 unspecified atom stereocenters. The maximum atomic E-state index is 13.4. The van der Waals surface area contributed by atoms with Crippen LogP contribution >= 0.6 is 0 Å². The molecule has 1 saturated heterocycles. The Labute approximate surface area is 215 Å². The molecule has 2 N–H and O–H groups in total. The van der Waals surface area contributed by atoms with Gasteiger partial charge in [-0.25, -0.2) is 9.59 Å². The van der Waals surface area contributed by atoms with E-state index in [4.69, 9.17) is 9.57 Å². The normalized spacial score (nSPS) is 15.1. The summed E-state index contributed by atoms with van der Waals surface area (Å²) < 4.78 is 5.31. The summed E-state index contributed by atoms with van der Waals surface area (Å²) in [6.45, 7) is 5.10. The molecule has 2 atom stereocenters. The van der Waals surface area contributed by atoms with E-state index >= 15 is 0 Å². The van der Waals surface area contributed by atoms with E-state index in [-0.39, 0.29) is 25.7 Å². The van der Waals surface area contributed by atoms with Crippen molar-refractivity contribution in [2.45, 2.75) is 64.1 Å². The first kappa shape index (κ1) is 27.4. The van der Waals surface area contributed by atoms with Gasteiger partial charge in [-0.2, -0.15) is 0 Å². The minimum absolute atomic E-state index is 0.0339. The molecule has 3 rings (SSSR count). The number of amides is 4. The van der Waals surface area contributed by atoms with Gasteiger partial charge in [0.2, 0.25) is 5.91 Å². The summed E-state index contributed by atoms with van der Waals surface area (Å²) in [6, 6.07) is 15.6. The Morgan fingerprint density at radius 1 is 0.811 bits per heavy atom. The molecule has 0 spiro atoms. The summed E-state index contributed by atoms with van der Waals surface area (Å²) in [7, 11) is 0. The average Bonchev–Trinajstić information content (AvgIpc) is 3.15. The van der Waals surface area contributed by atoms with E-state index in [1.165, 1.54) is 0 Å². The number of carbonyl (C=O) groups excluding carboxylic acids is 5. The van der Waals surface area contributed by atoms with Crippen molar-refractivity contribution in [1.82, 2.24) is 15.7 Å². The molecule has 10 nitrogen and oxygen atoms in total. The Bertz CT molecular complexity index is 1110. The Kier molecular flexibility index (Phi) is 9.00. The van der Waals surface area contributed by atoms with Crippen molar-refractivity contribution in [3.63, 3.8) is 0 Å². The second-order valence-corrected chi connectivity index (χ2v) is 9.63. The number of hydrogen-bond acceptors (Lipinski definition) is 7. The van der Waals surface area contributed by atoms with Crippen molar-refractivity contribution in [1.29, 1.82) is 0 Å². The van der Waals surface area contributed by atoms with Crippen LogP contribution in [0.5, 0.6) is 0 Å². The van der Waals surface area contributed by atoms with Crippen LogP contribution in [-0.4, -0.2) is 52.5 Å². The third-order valence-corrected chi connectivity index (χ3v) is 5.36. The average molecular weight is 510 g/mol. The number of imide groups is 1. The quantitative estimate of drug-likeness (QED) is 0.497. The second-order valence-electron chi connectivity index (χ2n) is 9.63. The third kappa shape index (κ3) is 8.45. The number of ether oxygens (including phenoxy) is 1. The molecule has 0 radical (unpaired) electrons. The molecule has 4 amide bonds. The van der Waals surface area contributed by atoms with Gasteiger partial charge in [-0.1, -0.05) is 60.7 Å². The molecule has 37 heavy (non-hydrogen) atoms. The summed E-state index contributed by atoms with van der Waals surface area (Å²) in [4.78, 5) is 67.9. The van der Waals surface area contributed by atoms with E-state index in [9.17, 15) is 24.0 Å². The fourth-order valence-corrected chi connectivity index (χ4v) is 3.64. The van der Waals surface area contributed by atoms with Crippen LogP contribution in [0.1, 0.15) is 44.7 Å². The van der Waals surface area contributed by atoms with Crippen LogP contribution in [0.4, 0.5) is 4.79 Å². The van der Waals surface area contributed by atoms with Gasteiger partial charge < -0.3 is 20.2 Å². The number of alkyl carbamates (subject to hydrolysis) is 1. The topological polar surface area (TPSA) is 131 Å². The zero-order chi connectivity index (χ0) is 27.0. The van der Waals surface area contributed by atoms with Crippen LogP contribution in [0.15, 0.2) is 60.7 Å². The highest BCUT2D eigenvalue weighted by Crippen LogP contribution is 2.15. The molecule has 1 heterocycles. The van der Waals surface area contributed by atoms with Gasteiger partial charge >= 0.3 is 12.1 Å². The molecule has 0 bridgehead atoms. The van der Waals surface area contributed by atoms with E-state index in [1.807, 2.05) is 6.07 Å². The van der Waals surface area contributed by atoms with Crippen molar-refractivity contribution in [3.05, 3.63) is 71.8 Å². The number of hydrogen-bond donors (Lipinski definition) is 2. The highest BCUT2D eigenvalue weighted by Gasteiger charge is 2.36. The number of nitrogens with zero attached hydrogens (tertiary/aromatic N) is 1. The minimum Gasteiger partial charge on any atom is -0.444 e. The lowest BCUT2D eigenvalue weighted by Crippen LogP contribution is -2.54. The summed E-state index contributed by atoms with van der Waals surface area (Å²) in [5.41, 5.74) is 0.699. The lowest BCUT2D eigenvalue weighted by Gasteiger charge is -2.25. The summed E-state index contributed by atoms with van der Waals surface area (Å²) in [5, 5.41) is 5.64. The molecule has 2 aromatic rings. The first-order chi connectivity index (χ1) is 17.5. The van der Waals surface area contributed by atoms with E-state index in [1.54, 1.807) is 75.4 Å². The fourth-order valence-electron chi connectivity index (χ4n) is 3.64. The molecule has 1 aliphatic rings. The van der Waals surface area contributed by atoms with Crippen LogP contribution in [-0.2, 0) is 41.6 Å². The highest BCUT2D eigenvalue weighted by molar-refractivity contribution is 6.02. The Morgan fingerprint density at radius 2 is 1.30 bits per heavy atom. The fraction of sp³-hybridized carbons (Fsp3) is 0.370. The van der Waals surface area contributed by atoms with Gasteiger partial charge in [-0.15, -0.1) is 5.06 Å². The Morgan fingerprint density at radius 3 is 1.78 bits per heavy atom. The summed E-state index contributed by atoms with van der Waals surface area (Å²) >= 11 is 0. The minimum atomic E-state index is -1.24. The smallest absolute Gasteiger partial charge is 0.408 e. The Hall–Kier alpha value is -4.21. The largest absolute Gasteiger partial charge is 0.444 e. The zero-order valence-corrected chi connectivity index (χ0v) is 21.1. The molecule has 2 aromatic carbocycles. The molecule has 0 saturated carbocycles. The van der Waals surface area contributed by atoms with Gasteiger partial charge in [-0.05, 0) is 31.9 Å². The molecule has 1 fully saturated rings. The zero-order valence-electron chi connectivity index (χ0n) is 21.1. The van der Waals surface area contributed by atoms with E-state index in [0.29, 0.717) is 10.6 Å². The highest BCUT2D eigenvalue weighted by atomic mass is 16.7. The number of benzene rings is 2. The third-order valence-electron chi connectivity index (χ3n) is 5.36. The number of rotatable bonds is 9. The van der Waals surface area contributed by atoms with Gasteiger partial charge in [-0.3, -0.25) is 14.4 Å². The number of nitrogens with one attached hydrogen (secondary N) is 2. The monoisotopic (exact) mass is 509 g/mol. The lowest BCUT2D eigenvalue weighted by molar-refractivity contribution is -0.199. The molecule has 0 aromatic heterocycles. The van der Waals surface area contributed by atoms with Crippen LogP contribution in [0.25, 0.3) is 0 Å². The molecule has 10 heteroatoms. The van der Waals surface area contributed by atoms with Crippen molar-refractivity contribution >= 4 is 29.8 Å². The van der Waals surface area contributed by atoms with E-state index in [2.05, 4.69) is 10.6 Å². The predicted molar refractivity (Wildman–Crippen MR) is 133 cm³/mol. The standard InChI is InChI=1S/C27H31N3O7/c1-27(2,3)36-26(35)29-20(16-18-10-6-4-7-11-18)24(33)28-21(17-19-12-8-5-9-13-19)25(34)37-30-22(31)14-15-23(30)32/h4-13,20-21H,14-17H2,1-3H3,(H,28,33)(H,29,35). The first-order valence-electron chi connectivity index (χ1n) is 12.0. The molecule has 196 valence electrons. The van der Waals surface area contributed by atoms with Crippen LogP contribution in [0.2, 0.25) is 0 Å². The Balaban J connectivity index is 1.81. The van der Waals surface area contributed by atoms with E-state index in [0.717, 1.165) is 5.56 Å². The van der Waals surface area contributed by atoms with Gasteiger partial charge in [0.05, 0.1) is 0 Å². The molecular weight excluding hydrogens is 478 g/mol. The summed E-state index contributed by atoms with van der Waals surface area (Å²) in [6.07, 6.45) is -0.741. The van der Waals surface area contributed by atoms with Crippen LogP contribution in [0.3, 0.4) is 0 Å². The SMILES string of the molecule is CC(C)(C)OC(=O)NC(Cc1ccccc1)C(=O)NC(Cc1ccccc1)C(=O)ON1C(=O)CCC1=O. The van der Waals surface area contributed by atoms with E-state index < -0.39 is 47.5 Å². The molecular formula is C27H31N3O7. The van der Waals surface area contributed by atoms with Gasteiger partial charge in [0, 0.05) is 25.7 Å². The van der Waals surface area contributed by atoms with Gasteiger partial charge in [0.15, 0.2) is 0 Å².